The van der Waals surface area contributed by atoms with Gasteiger partial charge in [0.05, 0.1) is 22.9 Å². The van der Waals surface area contributed by atoms with E-state index in [2.05, 4.69) is 10.6 Å². The van der Waals surface area contributed by atoms with Crippen molar-refractivity contribution in [2.45, 2.75) is 49.0 Å². The van der Waals surface area contributed by atoms with Crippen molar-refractivity contribution < 1.29 is 23.5 Å². The van der Waals surface area contributed by atoms with Crippen molar-refractivity contribution in [3.63, 3.8) is 0 Å². The van der Waals surface area contributed by atoms with Crippen molar-refractivity contribution in [2.75, 3.05) is 6.61 Å². The number of benzene rings is 4. The smallest absolute Gasteiger partial charge is 0.244 e. The van der Waals surface area contributed by atoms with Crippen molar-refractivity contribution in [1.29, 1.82) is 0 Å². The van der Waals surface area contributed by atoms with E-state index in [1.807, 2.05) is 50.2 Å². The number of fused-ring (bicyclic) bond motifs is 1. The van der Waals surface area contributed by atoms with Crippen LogP contribution in [-0.4, -0.2) is 29.4 Å². The number of carbonyl (C=O) groups is 2. The summed E-state index contributed by atoms with van der Waals surface area (Å²) < 4.78 is 27.6. The lowest BCUT2D eigenvalue weighted by atomic mass is 10.1. The van der Waals surface area contributed by atoms with Crippen molar-refractivity contribution in [3.05, 3.63) is 112 Å². The van der Waals surface area contributed by atoms with E-state index in [-0.39, 0.29) is 24.8 Å². The third kappa shape index (κ3) is 9.46. The van der Waals surface area contributed by atoms with Crippen LogP contribution in [0.15, 0.2) is 89.3 Å². The maximum atomic E-state index is 14.2. The predicted octanol–water partition coefficient (Wildman–Crippen LogP) is 8.20. The molecule has 8 nitrogen and oxygen atoms in total. The van der Waals surface area contributed by atoms with E-state index in [1.165, 1.54) is 29.2 Å². The summed E-state index contributed by atoms with van der Waals surface area (Å²) in [4.78, 5) is 32.2. The number of ether oxygens (including phenoxy) is 2. The van der Waals surface area contributed by atoms with Gasteiger partial charge in [-0.2, -0.15) is 0 Å². The number of halogens is 3. The molecule has 0 radical (unpaired) electrons. The van der Waals surface area contributed by atoms with Crippen molar-refractivity contribution >= 4 is 69.1 Å². The first-order valence-electron chi connectivity index (χ1n) is 15.1. The molecule has 4 aromatic carbocycles. The summed E-state index contributed by atoms with van der Waals surface area (Å²) in [6, 6.07) is 23.5. The molecule has 1 aromatic heterocycles. The number of nitrogens with two attached hydrogens (primary N) is 1. The number of rotatable bonds is 14. The van der Waals surface area contributed by atoms with Gasteiger partial charge in [-0.3, -0.25) is 14.9 Å². The van der Waals surface area contributed by atoms with Gasteiger partial charge in [-0.15, -0.1) is 23.7 Å². The Morgan fingerprint density at radius 3 is 2.56 bits per heavy atom. The van der Waals surface area contributed by atoms with E-state index in [0.29, 0.717) is 51.6 Å². The number of amides is 2. The summed E-state index contributed by atoms with van der Waals surface area (Å²) >= 11 is 9.01. The maximum Gasteiger partial charge on any atom is 0.244 e. The van der Waals surface area contributed by atoms with Crippen LogP contribution in [0.3, 0.4) is 0 Å². The summed E-state index contributed by atoms with van der Waals surface area (Å²) in [7, 11) is 0. The molecule has 48 heavy (non-hydrogen) atoms. The van der Waals surface area contributed by atoms with Crippen LogP contribution in [0.4, 0.5) is 4.39 Å². The van der Waals surface area contributed by atoms with Crippen molar-refractivity contribution in [1.82, 2.24) is 15.6 Å². The Morgan fingerprint density at radius 1 is 1.00 bits per heavy atom. The molecule has 252 valence electrons. The van der Waals surface area contributed by atoms with Gasteiger partial charge in [0.25, 0.3) is 0 Å². The SMILES string of the molecule is CCOc1ccc2nc(SC(C(=O)NC(=O)C(CC)NCc3ccccc3F)c3ccc(Cl)cc3Oc3cccc(CN)c3)sc2c1.Cl. The molecule has 0 saturated carbocycles. The van der Waals surface area contributed by atoms with Crippen LogP contribution >= 0.6 is 47.1 Å². The topological polar surface area (TPSA) is 116 Å². The van der Waals surface area contributed by atoms with Gasteiger partial charge in [-0.25, -0.2) is 9.37 Å². The number of nitrogens with one attached hydrogen (secondary N) is 2. The third-order valence-electron chi connectivity index (χ3n) is 7.20. The zero-order chi connectivity index (χ0) is 33.3. The number of aromatic nitrogens is 1. The Hall–Kier alpha value is -3.71. The van der Waals surface area contributed by atoms with E-state index in [0.717, 1.165) is 21.5 Å². The van der Waals surface area contributed by atoms with Crippen LogP contribution in [0.5, 0.6) is 17.2 Å². The van der Waals surface area contributed by atoms with Gasteiger partial charge in [0.1, 0.15) is 28.3 Å². The van der Waals surface area contributed by atoms with E-state index in [4.69, 9.17) is 31.8 Å². The Balaban J connectivity index is 0.00000520. The van der Waals surface area contributed by atoms with Gasteiger partial charge < -0.3 is 20.5 Å². The normalized spacial score (nSPS) is 12.2. The predicted molar refractivity (Wildman–Crippen MR) is 193 cm³/mol. The molecule has 0 aliphatic rings. The summed E-state index contributed by atoms with van der Waals surface area (Å²) in [5.74, 6) is 0.112. The fraction of sp³-hybridized carbons (Fsp3) is 0.229. The molecule has 0 aliphatic carbocycles. The lowest BCUT2D eigenvalue weighted by Crippen LogP contribution is -2.46. The minimum absolute atomic E-state index is 0. The van der Waals surface area contributed by atoms with Gasteiger partial charge >= 0.3 is 0 Å². The van der Waals surface area contributed by atoms with Gasteiger partial charge in [-0.05, 0) is 67.4 Å². The second-order valence-corrected chi connectivity index (χ2v) is 13.3. The molecular weight excluding hydrogens is 694 g/mol. The van der Waals surface area contributed by atoms with Crippen LogP contribution in [0, 0.1) is 5.82 Å². The Bertz CT molecular complexity index is 1880. The average molecular weight is 730 g/mol. The highest BCUT2D eigenvalue weighted by Crippen LogP contribution is 2.44. The minimum atomic E-state index is -0.958. The Morgan fingerprint density at radius 2 is 1.81 bits per heavy atom. The Kier molecular flexibility index (Phi) is 13.6. The Labute approximate surface area is 298 Å². The van der Waals surface area contributed by atoms with Gasteiger partial charge in [0.15, 0.2) is 4.34 Å². The van der Waals surface area contributed by atoms with Crippen molar-refractivity contribution in [3.8, 4) is 17.2 Å². The molecule has 2 unspecified atom stereocenters. The van der Waals surface area contributed by atoms with Crippen LogP contribution < -0.4 is 25.8 Å². The number of nitrogens with zero attached hydrogens (tertiary/aromatic N) is 1. The summed E-state index contributed by atoms with van der Waals surface area (Å²) in [6.07, 6.45) is 0.373. The fourth-order valence-electron chi connectivity index (χ4n) is 4.80. The number of hydrogen-bond acceptors (Lipinski definition) is 9. The second kappa shape index (κ2) is 17.6. The van der Waals surface area contributed by atoms with Crippen LogP contribution in [0.2, 0.25) is 5.02 Å². The third-order valence-corrected chi connectivity index (χ3v) is 9.78. The van der Waals surface area contributed by atoms with E-state index in [9.17, 15) is 14.0 Å². The van der Waals surface area contributed by atoms with Gasteiger partial charge in [0.2, 0.25) is 11.8 Å². The monoisotopic (exact) mass is 728 g/mol. The highest BCUT2D eigenvalue weighted by atomic mass is 35.5. The van der Waals surface area contributed by atoms with E-state index >= 15 is 0 Å². The minimum Gasteiger partial charge on any atom is -0.494 e. The van der Waals surface area contributed by atoms with E-state index < -0.39 is 23.1 Å². The zero-order valence-corrected chi connectivity index (χ0v) is 29.4. The largest absolute Gasteiger partial charge is 0.494 e. The highest BCUT2D eigenvalue weighted by Gasteiger charge is 2.30. The maximum absolute atomic E-state index is 14.2. The number of imide groups is 1. The standard InChI is InChI=1S/C35H34ClFN4O4S2.ClH/c1-3-28(39-20-22-9-5-6-11-27(22)37)33(42)41-34(43)32(47-35-40-29-15-13-24(44-4-2)18-31(29)46-35)26-14-12-23(36)17-30(26)45-25-10-7-8-21(16-25)19-38;/h5-18,28,32,39H,3-4,19-20,38H2,1-2H3,(H,41,42,43);1H. The molecule has 1 heterocycles. The van der Waals surface area contributed by atoms with Crippen LogP contribution in [0.1, 0.15) is 42.2 Å². The number of hydrogen-bond donors (Lipinski definition) is 3. The number of thioether (sulfide) groups is 1. The molecule has 0 saturated heterocycles. The molecular formula is C35H35Cl2FN4O4S2. The molecule has 0 aliphatic heterocycles. The number of carbonyl (C=O) groups excluding carboxylic acids is 2. The summed E-state index contributed by atoms with van der Waals surface area (Å²) in [5.41, 5.74) is 8.38. The summed E-state index contributed by atoms with van der Waals surface area (Å²) in [6.45, 7) is 4.71. The average Bonchev–Trinajstić information content (AvgIpc) is 3.47. The second-order valence-electron chi connectivity index (χ2n) is 10.5. The van der Waals surface area contributed by atoms with Gasteiger partial charge in [0, 0.05) is 29.2 Å². The first-order valence-corrected chi connectivity index (χ1v) is 17.1. The zero-order valence-electron chi connectivity index (χ0n) is 26.2. The quantitative estimate of drug-likeness (QED) is 0.0981. The molecule has 0 fully saturated rings. The molecule has 5 rings (SSSR count). The molecule has 2 amide bonds. The molecule has 0 spiro atoms. The first kappa shape index (κ1) is 37.1. The molecule has 13 heteroatoms. The highest BCUT2D eigenvalue weighted by molar-refractivity contribution is 8.02. The lowest BCUT2D eigenvalue weighted by molar-refractivity contribution is -0.131. The molecule has 4 N–H and O–H groups in total. The van der Waals surface area contributed by atoms with Crippen LogP contribution in [0.25, 0.3) is 10.2 Å². The lowest BCUT2D eigenvalue weighted by Gasteiger charge is -2.21. The fourth-order valence-corrected chi connectivity index (χ4v) is 7.28. The molecule has 0 bridgehead atoms. The van der Waals surface area contributed by atoms with Crippen LogP contribution in [-0.2, 0) is 22.7 Å². The van der Waals surface area contributed by atoms with E-state index in [1.54, 1.807) is 42.5 Å². The first-order chi connectivity index (χ1) is 22.8. The summed E-state index contributed by atoms with van der Waals surface area (Å²) in [5, 5.41) is 5.10. The molecule has 2 atom stereocenters. The van der Waals surface area contributed by atoms with Gasteiger partial charge in [-0.1, -0.05) is 66.7 Å². The van der Waals surface area contributed by atoms with Crippen molar-refractivity contribution in [2.24, 2.45) is 5.73 Å². The molecule has 5 aromatic rings. The number of thiazole rings is 1.